The standard InChI is InChI=1S/C18H23N3O2.HI/c1-3-14-5-4-6-15(13-14)21-18(19)20-11-12-23-17-9-7-16(22-2)8-10-17;/h4-10,13H,3,11-12H2,1-2H3,(H3,19,20,21);1H. The molecule has 0 fully saturated rings. The van der Waals surface area contributed by atoms with E-state index in [9.17, 15) is 0 Å². The minimum Gasteiger partial charge on any atom is -0.497 e. The van der Waals surface area contributed by atoms with Crippen LogP contribution in [0.1, 0.15) is 12.5 Å². The molecule has 0 bridgehead atoms. The van der Waals surface area contributed by atoms with Crippen LogP contribution < -0.4 is 20.5 Å². The van der Waals surface area contributed by atoms with Crippen LogP contribution in [0.2, 0.25) is 0 Å². The molecule has 2 rings (SSSR count). The van der Waals surface area contributed by atoms with Gasteiger partial charge in [0, 0.05) is 5.69 Å². The number of methoxy groups -OCH3 is 1. The van der Waals surface area contributed by atoms with E-state index in [1.807, 2.05) is 36.4 Å². The first-order chi connectivity index (χ1) is 11.2. The monoisotopic (exact) mass is 441 g/mol. The first-order valence-corrected chi connectivity index (χ1v) is 7.64. The number of ether oxygens (including phenoxy) is 2. The van der Waals surface area contributed by atoms with Crippen LogP contribution in [0.5, 0.6) is 11.5 Å². The van der Waals surface area contributed by atoms with Gasteiger partial charge in [-0.25, -0.2) is 4.99 Å². The molecule has 130 valence electrons. The average molecular weight is 441 g/mol. The van der Waals surface area contributed by atoms with Crippen molar-refractivity contribution < 1.29 is 9.47 Å². The minimum absolute atomic E-state index is 0. The maximum Gasteiger partial charge on any atom is 0.193 e. The molecule has 0 aliphatic rings. The lowest BCUT2D eigenvalue weighted by molar-refractivity contribution is 0.327. The van der Waals surface area contributed by atoms with Gasteiger partial charge in [-0.1, -0.05) is 19.1 Å². The molecule has 0 aromatic heterocycles. The minimum atomic E-state index is 0. The van der Waals surface area contributed by atoms with Gasteiger partial charge in [-0.2, -0.15) is 0 Å². The predicted molar refractivity (Wildman–Crippen MR) is 110 cm³/mol. The van der Waals surface area contributed by atoms with Crippen LogP contribution in [0.25, 0.3) is 0 Å². The second-order valence-electron chi connectivity index (χ2n) is 4.97. The van der Waals surface area contributed by atoms with E-state index in [2.05, 4.69) is 29.4 Å². The van der Waals surface area contributed by atoms with Gasteiger partial charge in [0.05, 0.1) is 13.7 Å². The molecular formula is C18H24IN3O2. The molecule has 0 heterocycles. The highest BCUT2D eigenvalue weighted by Crippen LogP contribution is 2.16. The molecule has 3 N–H and O–H groups in total. The number of anilines is 1. The molecule has 0 saturated carbocycles. The molecule has 0 unspecified atom stereocenters. The zero-order valence-corrected chi connectivity index (χ0v) is 16.3. The number of aryl methyl sites for hydroxylation is 1. The van der Waals surface area contributed by atoms with E-state index in [1.165, 1.54) is 5.56 Å². The maximum absolute atomic E-state index is 5.88. The Morgan fingerprint density at radius 3 is 2.50 bits per heavy atom. The normalized spacial score (nSPS) is 10.7. The first kappa shape index (κ1) is 20.1. The Hall–Kier alpha value is -1.96. The summed E-state index contributed by atoms with van der Waals surface area (Å²) >= 11 is 0. The van der Waals surface area contributed by atoms with Crippen LogP contribution in [0, 0.1) is 0 Å². The molecule has 0 amide bonds. The quantitative estimate of drug-likeness (QED) is 0.298. The SMILES string of the molecule is CCc1cccc(NC(N)=NCCOc2ccc(OC)cc2)c1.I. The van der Waals surface area contributed by atoms with Crippen molar-refractivity contribution in [2.24, 2.45) is 10.7 Å². The number of hydrogen-bond donors (Lipinski definition) is 2. The number of nitrogens with two attached hydrogens (primary N) is 1. The molecular weight excluding hydrogens is 417 g/mol. The second-order valence-corrected chi connectivity index (χ2v) is 4.97. The summed E-state index contributed by atoms with van der Waals surface area (Å²) in [6.07, 6.45) is 0.988. The number of benzene rings is 2. The summed E-state index contributed by atoms with van der Waals surface area (Å²) < 4.78 is 10.7. The van der Waals surface area contributed by atoms with Crippen molar-refractivity contribution >= 4 is 35.6 Å². The Bertz CT molecular complexity index is 645. The van der Waals surface area contributed by atoms with E-state index in [0.717, 1.165) is 23.6 Å². The van der Waals surface area contributed by atoms with Gasteiger partial charge in [0.25, 0.3) is 0 Å². The summed E-state index contributed by atoms with van der Waals surface area (Å²) in [4.78, 5) is 4.26. The third kappa shape index (κ3) is 6.66. The Balaban J connectivity index is 0.00000288. The molecule has 0 aliphatic carbocycles. The number of rotatable bonds is 7. The van der Waals surface area contributed by atoms with Gasteiger partial charge < -0.3 is 20.5 Å². The number of nitrogens with zero attached hydrogens (tertiary/aromatic N) is 1. The van der Waals surface area contributed by atoms with E-state index in [1.54, 1.807) is 7.11 Å². The van der Waals surface area contributed by atoms with Crippen LogP contribution in [-0.4, -0.2) is 26.2 Å². The van der Waals surface area contributed by atoms with Gasteiger partial charge in [0.2, 0.25) is 0 Å². The third-order valence-electron chi connectivity index (χ3n) is 3.31. The predicted octanol–water partition coefficient (Wildman–Crippen LogP) is 3.68. The lowest BCUT2D eigenvalue weighted by atomic mass is 10.1. The van der Waals surface area contributed by atoms with Crippen molar-refractivity contribution in [2.45, 2.75) is 13.3 Å². The van der Waals surface area contributed by atoms with E-state index in [4.69, 9.17) is 15.2 Å². The topological polar surface area (TPSA) is 68.9 Å². The Morgan fingerprint density at radius 1 is 1.12 bits per heavy atom. The smallest absolute Gasteiger partial charge is 0.193 e. The van der Waals surface area contributed by atoms with Gasteiger partial charge in [-0.15, -0.1) is 24.0 Å². The van der Waals surface area contributed by atoms with Crippen LogP contribution in [0.4, 0.5) is 5.69 Å². The largest absolute Gasteiger partial charge is 0.497 e. The van der Waals surface area contributed by atoms with E-state index >= 15 is 0 Å². The molecule has 0 radical (unpaired) electrons. The Labute approximate surface area is 160 Å². The lowest BCUT2D eigenvalue weighted by Gasteiger charge is -2.08. The zero-order valence-electron chi connectivity index (χ0n) is 14.0. The highest BCUT2D eigenvalue weighted by molar-refractivity contribution is 14.0. The van der Waals surface area contributed by atoms with Crippen LogP contribution >= 0.6 is 24.0 Å². The van der Waals surface area contributed by atoms with Gasteiger partial charge in [-0.05, 0) is 48.4 Å². The molecule has 0 aliphatic heterocycles. The van der Waals surface area contributed by atoms with Gasteiger partial charge >= 0.3 is 0 Å². The number of hydrogen-bond acceptors (Lipinski definition) is 3. The summed E-state index contributed by atoms with van der Waals surface area (Å²) in [6.45, 7) is 3.06. The molecule has 2 aromatic rings. The van der Waals surface area contributed by atoms with Gasteiger partial charge in [0.15, 0.2) is 5.96 Å². The van der Waals surface area contributed by atoms with Crippen LogP contribution in [0.3, 0.4) is 0 Å². The van der Waals surface area contributed by atoms with Gasteiger partial charge in [0.1, 0.15) is 18.1 Å². The summed E-state index contributed by atoms with van der Waals surface area (Å²) in [5.41, 5.74) is 8.08. The van der Waals surface area contributed by atoms with Crippen LogP contribution in [0.15, 0.2) is 53.5 Å². The first-order valence-electron chi connectivity index (χ1n) is 7.64. The molecule has 5 nitrogen and oxygen atoms in total. The van der Waals surface area contributed by atoms with Crippen molar-refractivity contribution in [3.63, 3.8) is 0 Å². The number of nitrogens with one attached hydrogen (secondary N) is 1. The molecule has 24 heavy (non-hydrogen) atoms. The third-order valence-corrected chi connectivity index (χ3v) is 3.31. The molecule has 2 aromatic carbocycles. The van der Waals surface area contributed by atoms with Crippen LogP contribution in [-0.2, 0) is 6.42 Å². The maximum atomic E-state index is 5.88. The van der Waals surface area contributed by atoms with Crippen molar-refractivity contribution in [1.82, 2.24) is 0 Å². The molecule has 0 saturated heterocycles. The fourth-order valence-electron chi connectivity index (χ4n) is 2.06. The highest BCUT2D eigenvalue weighted by Gasteiger charge is 1.98. The van der Waals surface area contributed by atoms with Crippen molar-refractivity contribution in [1.29, 1.82) is 0 Å². The zero-order chi connectivity index (χ0) is 16.5. The van der Waals surface area contributed by atoms with Crippen molar-refractivity contribution in [3.8, 4) is 11.5 Å². The summed E-state index contributed by atoms with van der Waals surface area (Å²) in [7, 11) is 1.64. The summed E-state index contributed by atoms with van der Waals surface area (Å²) in [6, 6.07) is 15.6. The van der Waals surface area contributed by atoms with E-state index in [0.29, 0.717) is 19.1 Å². The highest BCUT2D eigenvalue weighted by atomic mass is 127. The number of aliphatic imine (C=N–C) groups is 1. The Kier molecular flexibility index (Phi) is 8.99. The number of halogens is 1. The lowest BCUT2D eigenvalue weighted by Crippen LogP contribution is -2.23. The summed E-state index contributed by atoms with van der Waals surface area (Å²) in [5.74, 6) is 1.97. The van der Waals surface area contributed by atoms with E-state index < -0.39 is 0 Å². The Morgan fingerprint density at radius 2 is 1.83 bits per heavy atom. The molecule has 6 heteroatoms. The molecule has 0 spiro atoms. The second kappa shape index (κ2) is 10.7. The van der Waals surface area contributed by atoms with Crippen molar-refractivity contribution in [3.05, 3.63) is 54.1 Å². The number of guanidine groups is 1. The average Bonchev–Trinajstić information content (AvgIpc) is 2.59. The fraction of sp³-hybridized carbons (Fsp3) is 0.278. The van der Waals surface area contributed by atoms with Gasteiger partial charge in [-0.3, -0.25) is 0 Å². The van der Waals surface area contributed by atoms with Crippen molar-refractivity contribution in [2.75, 3.05) is 25.6 Å². The summed E-state index contributed by atoms with van der Waals surface area (Å²) in [5, 5.41) is 3.09. The van der Waals surface area contributed by atoms with E-state index in [-0.39, 0.29) is 24.0 Å². The fourth-order valence-corrected chi connectivity index (χ4v) is 2.06. The molecule has 0 atom stereocenters.